The minimum Gasteiger partial charge on any atom is -0.370 e. The quantitative estimate of drug-likeness (QED) is 0.0723. The lowest BCUT2D eigenvalue weighted by Gasteiger charge is -2.37. The van der Waals surface area contributed by atoms with Crippen LogP contribution in [0.5, 0.6) is 0 Å². The van der Waals surface area contributed by atoms with Crippen molar-refractivity contribution in [2.75, 3.05) is 13.1 Å². The van der Waals surface area contributed by atoms with Crippen LogP contribution in [0.15, 0.2) is 71.7 Å². The Balaban J connectivity index is 2.34. The number of guanidine groups is 1. The number of nitrogens with zero attached hydrogens (tertiary/aromatic N) is 2. The third-order valence-corrected chi connectivity index (χ3v) is 7.39. The molecule has 11 nitrogen and oxygen atoms in total. The monoisotopic (exact) mass is 633 g/mol. The van der Waals surface area contributed by atoms with E-state index in [-0.39, 0.29) is 55.5 Å². The van der Waals surface area contributed by atoms with Crippen molar-refractivity contribution >= 4 is 35.7 Å². The molecule has 0 unspecified atom stereocenters. The smallest absolute Gasteiger partial charge is 0.252 e. The number of hydrogen-bond donors (Lipinski definition) is 5. The lowest BCUT2D eigenvalue weighted by Crippen LogP contribution is -2.61. The molecule has 0 aromatic heterocycles. The van der Waals surface area contributed by atoms with Crippen molar-refractivity contribution < 1.29 is 19.2 Å². The van der Waals surface area contributed by atoms with Crippen molar-refractivity contribution in [1.82, 2.24) is 15.5 Å². The summed E-state index contributed by atoms with van der Waals surface area (Å²) in [6, 6.07) is 16.2. The van der Waals surface area contributed by atoms with E-state index in [9.17, 15) is 19.2 Å². The van der Waals surface area contributed by atoms with E-state index in [2.05, 4.69) is 15.6 Å². The molecule has 0 saturated heterocycles. The number of aryl methyl sites for hydroxylation is 1. The van der Waals surface area contributed by atoms with Gasteiger partial charge >= 0.3 is 0 Å². The number of nitrogens with two attached hydrogens (primary N) is 3. The lowest BCUT2D eigenvalue weighted by molar-refractivity contribution is -0.152. The Morgan fingerprint density at radius 1 is 0.913 bits per heavy atom. The topological polar surface area (TPSA) is 186 Å². The number of aliphatic imine (C=N–C) groups is 1. The summed E-state index contributed by atoms with van der Waals surface area (Å²) in [5.74, 6) is -2.07. The fraction of sp³-hybridized carbons (Fsp3) is 0.457. The first-order valence-electron chi connectivity index (χ1n) is 15.9. The lowest BCUT2D eigenvalue weighted by atomic mass is 9.96. The fourth-order valence-electron chi connectivity index (χ4n) is 4.95. The summed E-state index contributed by atoms with van der Waals surface area (Å²) in [6.45, 7) is 7.86. The van der Waals surface area contributed by atoms with E-state index in [1.807, 2.05) is 88.4 Å². The Hall–Kier alpha value is -4.51. The predicted molar refractivity (Wildman–Crippen MR) is 183 cm³/mol. The molecule has 11 heteroatoms. The Morgan fingerprint density at radius 3 is 2.13 bits per heavy atom. The maximum atomic E-state index is 14.3. The van der Waals surface area contributed by atoms with E-state index in [0.29, 0.717) is 19.3 Å². The minimum atomic E-state index is -1.04. The van der Waals surface area contributed by atoms with Crippen molar-refractivity contribution in [2.45, 2.75) is 77.9 Å². The van der Waals surface area contributed by atoms with Crippen molar-refractivity contribution in [3.8, 4) is 0 Å². The maximum Gasteiger partial charge on any atom is 0.252 e. The molecule has 0 aliphatic rings. The fourth-order valence-corrected chi connectivity index (χ4v) is 4.95. The van der Waals surface area contributed by atoms with Gasteiger partial charge in [-0.2, -0.15) is 0 Å². The second kappa shape index (κ2) is 19.8. The van der Waals surface area contributed by atoms with Gasteiger partial charge in [0, 0.05) is 25.6 Å². The predicted octanol–water partition coefficient (Wildman–Crippen LogP) is 2.74. The van der Waals surface area contributed by atoms with Gasteiger partial charge in [-0.05, 0) is 54.7 Å². The van der Waals surface area contributed by atoms with E-state index in [1.54, 1.807) is 6.08 Å². The minimum absolute atomic E-state index is 0.00415. The van der Waals surface area contributed by atoms with Gasteiger partial charge in [-0.15, -0.1) is 0 Å². The molecule has 2 rings (SSSR count). The van der Waals surface area contributed by atoms with Crippen LogP contribution in [0, 0.1) is 11.8 Å². The zero-order valence-corrected chi connectivity index (χ0v) is 27.5. The van der Waals surface area contributed by atoms with Crippen LogP contribution in [0.2, 0.25) is 0 Å². The third-order valence-electron chi connectivity index (χ3n) is 7.39. The van der Waals surface area contributed by atoms with Gasteiger partial charge < -0.3 is 27.8 Å². The van der Waals surface area contributed by atoms with E-state index in [1.165, 1.54) is 6.08 Å². The van der Waals surface area contributed by atoms with Crippen LogP contribution in [0.25, 0.3) is 6.08 Å². The summed E-state index contributed by atoms with van der Waals surface area (Å²) < 4.78 is 0. The van der Waals surface area contributed by atoms with Crippen LogP contribution in [0.3, 0.4) is 0 Å². The first-order chi connectivity index (χ1) is 21.9. The Kier molecular flexibility index (Phi) is 16.2. The molecule has 2 aromatic carbocycles. The molecule has 0 heterocycles. The number of carbonyl (C=O) groups is 4. The highest BCUT2D eigenvalue weighted by Crippen LogP contribution is 2.18. The number of benzene rings is 2. The first kappa shape index (κ1) is 37.7. The van der Waals surface area contributed by atoms with E-state index >= 15 is 0 Å². The number of hydrogen-bond acceptors (Lipinski definition) is 6. The molecular weight excluding hydrogens is 582 g/mol. The molecule has 0 aliphatic heterocycles. The van der Waals surface area contributed by atoms with Gasteiger partial charge in [0.1, 0.15) is 6.04 Å². The summed E-state index contributed by atoms with van der Waals surface area (Å²) in [5.41, 5.74) is 19.2. The molecular formula is C35H51N7O4. The SMILES string of the molecule is CC(C)C[C@H](N)C(=O)N(C(=O)[C@H](CCCN=C(N)N)NC(=O)CCc1ccccc1)[C@H](CNC(=O)/C=C/c1ccccc1)C(C)C. The molecule has 3 atom stereocenters. The van der Waals surface area contributed by atoms with Crippen molar-refractivity contribution in [3.05, 3.63) is 77.9 Å². The Morgan fingerprint density at radius 2 is 1.54 bits per heavy atom. The molecule has 0 spiro atoms. The number of nitrogens with one attached hydrogen (secondary N) is 2. The van der Waals surface area contributed by atoms with Crippen LogP contribution in [0.4, 0.5) is 0 Å². The average molecular weight is 634 g/mol. The molecule has 0 bridgehead atoms. The highest BCUT2D eigenvalue weighted by molar-refractivity contribution is 6.01. The van der Waals surface area contributed by atoms with Gasteiger partial charge in [0.05, 0.1) is 12.1 Å². The van der Waals surface area contributed by atoms with Gasteiger partial charge in [-0.25, -0.2) is 0 Å². The molecule has 0 aliphatic carbocycles. The first-order valence-corrected chi connectivity index (χ1v) is 15.9. The van der Waals surface area contributed by atoms with Crippen molar-refractivity contribution in [1.29, 1.82) is 0 Å². The average Bonchev–Trinajstić information content (AvgIpc) is 3.02. The van der Waals surface area contributed by atoms with Gasteiger partial charge in [-0.1, -0.05) is 88.4 Å². The number of rotatable bonds is 18. The van der Waals surface area contributed by atoms with Crippen LogP contribution in [0.1, 0.15) is 64.5 Å². The highest BCUT2D eigenvalue weighted by atomic mass is 16.2. The molecule has 2 aromatic rings. The van der Waals surface area contributed by atoms with Gasteiger partial charge in [-0.3, -0.25) is 29.1 Å². The molecule has 46 heavy (non-hydrogen) atoms. The summed E-state index contributed by atoms with van der Waals surface area (Å²) in [6.07, 6.45) is 4.65. The van der Waals surface area contributed by atoms with Crippen LogP contribution < -0.4 is 27.8 Å². The standard InChI is InChI=1S/C35H51N7O4/c1-24(2)22-28(36)33(45)42(30(25(3)4)23-40-31(43)19-17-26-12-7-5-8-13-26)34(46)29(16-11-21-39-35(37)38)41-32(44)20-18-27-14-9-6-10-15-27/h5-10,12-15,17,19,24-25,28-30H,11,16,18,20-23,36H2,1-4H3,(H,40,43)(H,41,44)(H4,37,38,39)/b19-17+/t28-,29-,30+/m0/s1. The second-order valence-electron chi connectivity index (χ2n) is 12.1. The molecule has 0 radical (unpaired) electrons. The Labute approximate surface area is 273 Å². The summed E-state index contributed by atoms with van der Waals surface area (Å²) in [5, 5.41) is 5.70. The van der Waals surface area contributed by atoms with E-state index in [4.69, 9.17) is 17.2 Å². The Bertz CT molecular complexity index is 1310. The van der Waals surface area contributed by atoms with Crippen molar-refractivity contribution in [2.24, 2.45) is 34.0 Å². The molecule has 0 fully saturated rings. The van der Waals surface area contributed by atoms with Gasteiger partial charge in [0.2, 0.25) is 17.7 Å². The number of imide groups is 1. The van der Waals surface area contributed by atoms with Crippen LogP contribution in [-0.4, -0.2) is 65.7 Å². The molecule has 0 saturated carbocycles. The summed E-state index contributed by atoms with van der Waals surface area (Å²) in [4.78, 5) is 59.3. The zero-order chi connectivity index (χ0) is 34.1. The number of amides is 4. The van der Waals surface area contributed by atoms with Crippen LogP contribution in [-0.2, 0) is 25.6 Å². The van der Waals surface area contributed by atoms with Crippen LogP contribution >= 0.6 is 0 Å². The summed E-state index contributed by atoms with van der Waals surface area (Å²) >= 11 is 0. The highest BCUT2D eigenvalue weighted by Gasteiger charge is 2.38. The number of carbonyl (C=O) groups excluding carboxylic acids is 4. The van der Waals surface area contributed by atoms with Gasteiger partial charge in [0.25, 0.3) is 5.91 Å². The van der Waals surface area contributed by atoms with E-state index in [0.717, 1.165) is 16.0 Å². The third kappa shape index (κ3) is 13.6. The molecule has 8 N–H and O–H groups in total. The molecule has 4 amide bonds. The zero-order valence-electron chi connectivity index (χ0n) is 27.5. The largest absolute Gasteiger partial charge is 0.370 e. The van der Waals surface area contributed by atoms with E-state index < -0.39 is 29.9 Å². The van der Waals surface area contributed by atoms with Gasteiger partial charge in [0.15, 0.2) is 5.96 Å². The molecule has 250 valence electrons. The second-order valence-corrected chi connectivity index (χ2v) is 12.1. The maximum absolute atomic E-state index is 14.3. The van der Waals surface area contributed by atoms with Crippen molar-refractivity contribution in [3.63, 3.8) is 0 Å². The normalized spacial score (nSPS) is 13.2. The summed E-state index contributed by atoms with van der Waals surface area (Å²) in [7, 11) is 0.